The molecule has 1 aromatic carbocycles. The van der Waals surface area contributed by atoms with Crippen LogP contribution in [0, 0.1) is 17.8 Å². The lowest BCUT2D eigenvalue weighted by Crippen LogP contribution is -2.48. The number of carbonyl (C=O) groups is 3. The molecule has 3 N–H and O–H groups in total. The Bertz CT molecular complexity index is 782. The summed E-state index contributed by atoms with van der Waals surface area (Å²) in [4.78, 5) is 33.8. The third-order valence-electron chi connectivity index (χ3n) is 7.16. The van der Waals surface area contributed by atoms with Crippen molar-refractivity contribution in [2.24, 2.45) is 17.8 Å². The first kappa shape index (κ1) is 20.7. The van der Waals surface area contributed by atoms with Gasteiger partial charge in [-0.3, -0.25) is 9.59 Å². The molecule has 0 aliphatic heterocycles. The minimum Gasteiger partial charge on any atom is -0.484 e. The number of carboxylic acid groups (broad SMARTS) is 2. The quantitative estimate of drug-likeness (QED) is 0.572. The number of carbonyl (C=O) groups excluding carboxylic acids is 1. The van der Waals surface area contributed by atoms with E-state index in [1.54, 1.807) is 0 Å². The number of amides is 1. The lowest BCUT2D eigenvalue weighted by Gasteiger charge is -2.57. The topological polar surface area (TPSA) is 113 Å². The van der Waals surface area contributed by atoms with Gasteiger partial charge in [-0.2, -0.15) is 0 Å². The van der Waals surface area contributed by atoms with Crippen LogP contribution in [-0.4, -0.2) is 40.7 Å². The lowest BCUT2D eigenvalue weighted by atomic mass is 9.48. The van der Waals surface area contributed by atoms with E-state index in [9.17, 15) is 14.4 Å². The molecule has 1 amide bonds. The average molecular weight is 415 g/mol. The fourth-order valence-corrected chi connectivity index (χ4v) is 6.28. The predicted octanol–water partition coefficient (Wildman–Crippen LogP) is 2.97. The van der Waals surface area contributed by atoms with E-state index < -0.39 is 23.9 Å². The highest BCUT2D eigenvalue weighted by Crippen LogP contribution is 2.60. The Morgan fingerprint density at radius 3 is 2.07 bits per heavy atom. The summed E-state index contributed by atoms with van der Waals surface area (Å²) in [6, 6.07) is 6.77. The minimum absolute atomic E-state index is 0.170. The third kappa shape index (κ3) is 4.45. The van der Waals surface area contributed by atoms with Crippen molar-refractivity contribution in [3.8, 4) is 5.75 Å². The van der Waals surface area contributed by atoms with Gasteiger partial charge in [-0.15, -0.1) is 0 Å². The molecule has 0 heterocycles. The van der Waals surface area contributed by atoms with Gasteiger partial charge in [-0.05, 0) is 85.8 Å². The number of benzene rings is 1. The van der Waals surface area contributed by atoms with Gasteiger partial charge in [0.2, 0.25) is 0 Å². The molecule has 1 aromatic rings. The second-order valence-corrected chi connectivity index (χ2v) is 9.40. The van der Waals surface area contributed by atoms with Gasteiger partial charge in [0, 0.05) is 6.42 Å². The summed E-state index contributed by atoms with van der Waals surface area (Å²) in [6.07, 6.45) is 7.57. The summed E-state index contributed by atoms with van der Waals surface area (Å²) >= 11 is 0. The summed E-state index contributed by atoms with van der Waals surface area (Å²) in [6.45, 7) is -0.312. The molecule has 4 fully saturated rings. The van der Waals surface area contributed by atoms with Crippen molar-refractivity contribution in [3.63, 3.8) is 0 Å². The van der Waals surface area contributed by atoms with Crippen molar-refractivity contribution in [1.29, 1.82) is 0 Å². The molecule has 0 saturated heterocycles. The second kappa shape index (κ2) is 8.28. The molecule has 7 nitrogen and oxygen atoms in total. The zero-order valence-corrected chi connectivity index (χ0v) is 17.0. The van der Waals surface area contributed by atoms with Crippen LogP contribution in [0.5, 0.6) is 5.75 Å². The van der Waals surface area contributed by atoms with E-state index in [1.165, 1.54) is 44.1 Å². The van der Waals surface area contributed by atoms with Crippen LogP contribution in [0.4, 0.5) is 0 Å². The molecular formula is C23H29NO6. The molecule has 1 atom stereocenters. The van der Waals surface area contributed by atoms with E-state index in [-0.39, 0.29) is 19.4 Å². The molecule has 0 spiro atoms. The Balaban J connectivity index is 1.31. The lowest BCUT2D eigenvalue weighted by molar-refractivity contribution is -0.143. The molecule has 7 heteroatoms. The van der Waals surface area contributed by atoms with E-state index >= 15 is 0 Å². The van der Waals surface area contributed by atoms with Gasteiger partial charge in [0.1, 0.15) is 11.8 Å². The minimum atomic E-state index is -1.26. The fourth-order valence-electron chi connectivity index (χ4n) is 6.28. The fraction of sp³-hybridized carbons (Fsp3) is 0.609. The van der Waals surface area contributed by atoms with Crippen LogP contribution in [0.1, 0.15) is 56.9 Å². The van der Waals surface area contributed by atoms with Gasteiger partial charge in [0.25, 0.3) is 5.91 Å². The molecular weight excluding hydrogens is 386 g/mol. The Morgan fingerprint density at radius 1 is 1.00 bits per heavy atom. The van der Waals surface area contributed by atoms with Gasteiger partial charge in [-0.1, -0.05) is 12.1 Å². The highest BCUT2D eigenvalue weighted by atomic mass is 16.5. The van der Waals surface area contributed by atoms with Crippen LogP contribution in [0.2, 0.25) is 0 Å². The van der Waals surface area contributed by atoms with Gasteiger partial charge in [0.05, 0.1) is 0 Å². The zero-order valence-electron chi connectivity index (χ0n) is 17.0. The largest absolute Gasteiger partial charge is 0.484 e. The molecule has 162 valence electrons. The molecule has 5 rings (SSSR count). The zero-order chi connectivity index (χ0) is 21.3. The molecule has 0 radical (unpaired) electrons. The van der Waals surface area contributed by atoms with Crippen LogP contribution in [0.25, 0.3) is 0 Å². The Morgan fingerprint density at radius 2 is 1.57 bits per heavy atom. The van der Waals surface area contributed by atoms with Crippen LogP contribution < -0.4 is 10.1 Å². The number of ether oxygens (including phenoxy) is 1. The summed E-state index contributed by atoms with van der Waals surface area (Å²) in [5.41, 5.74) is 1.68. The first-order valence-corrected chi connectivity index (χ1v) is 10.8. The van der Waals surface area contributed by atoms with Crippen molar-refractivity contribution in [1.82, 2.24) is 5.32 Å². The number of aliphatic carboxylic acids is 2. The van der Waals surface area contributed by atoms with E-state index in [0.29, 0.717) is 11.2 Å². The highest BCUT2D eigenvalue weighted by molar-refractivity contribution is 5.84. The van der Waals surface area contributed by atoms with Crippen LogP contribution >= 0.6 is 0 Å². The van der Waals surface area contributed by atoms with Crippen molar-refractivity contribution in [2.75, 3.05) is 6.61 Å². The Hall–Kier alpha value is -2.57. The van der Waals surface area contributed by atoms with Crippen LogP contribution in [0.15, 0.2) is 24.3 Å². The Kier molecular flexibility index (Phi) is 5.71. The van der Waals surface area contributed by atoms with Crippen molar-refractivity contribution < 1.29 is 29.3 Å². The van der Waals surface area contributed by atoms with E-state index in [0.717, 1.165) is 17.8 Å². The van der Waals surface area contributed by atoms with Crippen molar-refractivity contribution in [2.45, 2.75) is 62.8 Å². The van der Waals surface area contributed by atoms with E-state index in [4.69, 9.17) is 14.9 Å². The molecule has 1 unspecified atom stereocenters. The SMILES string of the molecule is O=C(O)CCC(NC(=O)COc1ccc(C23CC4CC(CC(C4)C2)C3)cc1)C(=O)O. The maximum atomic E-state index is 12.0. The predicted molar refractivity (Wildman–Crippen MR) is 108 cm³/mol. The molecule has 4 aliphatic rings. The maximum Gasteiger partial charge on any atom is 0.326 e. The maximum absolute atomic E-state index is 12.0. The summed E-state index contributed by atoms with van der Waals surface area (Å²) in [5.74, 6) is 0.238. The summed E-state index contributed by atoms with van der Waals surface area (Å²) < 4.78 is 5.53. The monoisotopic (exact) mass is 415 g/mol. The summed E-state index contributed by atoms with van der Waals surface area (Å²) in [5, 5.41) is 20.1. The normalized spacial score (nSPS) is 29.9. The molecule has 4 aliphatic carbocycles. The number of rotatable bonds is 9. The number of hydrogen-bond acceptors (Lipinski definition) is 4. The van der Waals surface area contributed by atoms with Gasteiger partial charge in [0.15, 0.2) is 6.61 Å². The van der Waals surface area contributed by atoms with Crippen molar-refractivity contribution >= 4 is 17.8 Å². The summed E-state index contributed by atoms with van der Waals surface area (Å²) in [7, 11) is 0. The Labute approximate surface area is 175 Å². The highest BCUT2D eigenvalue weighted by Gasteiger charge is 2.51. The van der Waals surface area contributed by atoms with Gasteiger partial charge < -0.3 is 20.3 Å². The van der Waals surface area contributed by atoms with Crippen LogP contribution in [-0.2, 0) is 19.8 Å². The van der Waals surface area contributed by atoms with E-state index in [2.05, 4.69) is 17.4 Å². The first-order chi connectivity index (χ1) is 14.3. The molecule has 0 aromatic heterocycles. The van der Waals surface area contributed by atoms with Gasteiger partial charge >= 0.3 is 11.9 Å². The molecule has 4 bridgehead atoms. The smallest absolute Gasteiger partial charge is 0.326 e. The first-order valence-electron chi connectivity index (χ1n) is 10.8. The number of hydrogen-bond donors (Lipinski definition) is 3. The standard InChI is InChI=1S/C23H29NO6/c25-20(24-19(22(28)29)5-6-21(26)27)13-30-18-3-1-17(2-4-18)23-10-14-7-15(11-23)9-16(8-14)12-23/h1-4,14-16,19H,5-13H2,(H,24,25)(H,26,27)(H,28,29). The number of carboxylic acids is 2. The van der Waals surface area contributed by atoms with Crippen LogP contribution in [0.3, 0.4) is 0 Å². The van der Waals surface area contributed by atoms with E-state index in [1.807, 2.05) is 12.1 Å². The third-order valence-corrected chi connectivity index (χ3v) is 7.16. The van der Waals surface area contributed by atoms with Crippen molar-refractivity contribution in [3.05, 3.63) is 29.8 Å². The molecule has 4 saturated carbocycles. The average Bonchev–Trinajstić information content (AvgIpc) is 2.68. The number of nitrogens with one attached hydrogen (secondary N) is 1. The van der Waals surface area contributed by atoms with Gasteiger partial charge in [-0.25, -0.2) is 4.79 Å². The molecule has 30 heavy (non-hydrogen) atoms. The second-order valence-electron chi connectivity index (χ2n) is 9.40.